The number of hydrogen-bond acceptors (Lipinski definition) is 9. The lowest BCUT2D eigenvalue weighted by Crippen LogP contribution is -2.63. The molecule has 10 heteroatoms. The fraction of sp³-hybridized carbons (Fsp3) is 0.873. The van der Waals surface area contributed by atoms with Crippen molar-refractivity contribution in [3.63, 3.8) is 0 Å². The number of aliphatic hydroxyl groups is 4. The number of unbranched alkanes of at least 4 members (excludes halogenated alkanes) is 33. The molecule has 1 amide bonds. The summed E-state index contributed by atoms with van der Waals surface area (Å²) >= 11 is 0. The largest absolute Gasteiger partial charge is 0.490 e. The third kappa shape index (κ3) is 28.1. The van der Waals surface area contributed by atoms with Gasteiger partial charge in [-0.2, -0.15) is 0 Å². The molecule has 0 unspecified atom stereocenters. The van der Waals surface area contributed by atoms with E-state index in [1.165, 1.54) is 180 Å². The molecule has 1 aromatic rings. The summed E-state index contributed by atoms with van der Waals surface area (Å²) in [5, 5.41) is 43.8. The van der Waals surface area contributed by atoms with E-state index >= 15 is 0 Å². The molecular formula is C55H101NO9. The second-order valence-corrected chi connectivity index (χ2v) is 19.2. The van der Waals surface area contributed by atoms with E-state index in [4.69, 9.17) is 18.9 Å². The highest BCUT2D eigenvalue weighted by Gasteiger charge is 2.44. The SMILES string of the molecule is CCCCCCCCCCCCCCOc1cc(C(=O)N[C@@H]2O[C@H](CO)[C@H](O)[C@H](O)[C@@H]2O)cc(OCCCCCCCCCCCCCC)c1OCCCCCCCCCCCCCC. The molecule has 1 saturated heterocycles. The van der Waals surface area contributed by atoms with E-state index in [0.29, 0.717) is 37.1 Å². The van der Waals surface area contributed by atoms with Gasteiger partial charge in [-0.15, -0.1) is 0 Å². The lowest BCUT2D eigenvalue weighted by atomic mass is 9.98. The Balaban J connectivity index is 2.08. The number of amides is 1. The molecule has 1 aliphatic rings. The lowest BCUT2D eigenvalue weighted by molar-refractivity contribution is -0.233. The Bertz CT molecular complexity index is 1200. The Kier molecular flexibility index (Phi) is 37.1. The van der Waals surface area contributed by atoms with Crippen LogP contribution in [-0.4, -0.2) is 83.4 Å². The van der Waals surface area contributed by atoms with Gasteiger partial charge in [0.05, 0.1) is 26.4 Å². The number of benzene rings is 1. The van der Waals surface area contributed by atoms with Crippen LogP contribution in [0.15, 0.2) is 12.1 Å². The molecule has 0 spiro atoms. The topological polar surface area (TPSA) is 147 Å². The van der Waals surface area contributed by atoms with Crippen LogP contribution < -0.4 is 19.5 Å². The molecule has 65 heavy (non-hydrogen) atoms. The number of carbonyl (C=O) groups is 1. The first kappa shape index (κ1) is 59.0. The summed E-state index contributed by atoms with van der Waals surface area (Å²) in [6.07, 6.45) is 37.8. The molecular weight excluding hydrogens is 819 g/mol. The van der Waals surface area contributed by atoms with Crippen molar-refractivity contribution >= 4 is 5.91 Å². The second kappa shape index (κ2) is 40.9. The van der Waals surface area contributed by atoms with Gasteiger partial charge in [0.2, 0.25) is 5.75 Å². The minimum absolute atomic E-state index is 0.231. The Hall–Kier alpha value is -2.11. The Morgan fingerprint density at radius 2 is 0.769 bits per heavy atom. The minimum Gasteiger partial charge on any atom is -0.490 e. The van der Waals surface area contributed by atoms with Gasteiger partial charge in [0.25, 0.3) is 5.91 Å². The summed E-state index contributed by atoms with van der Waals surface area (Å²) in [6.45, 7) is 7.67. The maximum absolute atomic E-state index is 13.9. The van der Waals surface area contributed by atoms with Gasteiger partial charge in [-0.05, 0) is 31.4 Å². The van der Waals surface area contributed by atoms with Gasteiger partial charge >= 0.3 is 0 Å². The predicted octanol–water partition coefficient (Wildman–Crippen LogP) is 13.5. The molecule has 1 aromatic carbocycles. The number of nitrogens with one attached hydrogen (secondary N) is 1. The van der Waals surface area contributed by atoms with Gasteiger partial charge < -0.3 is 44.7 Å². The summed E-state index contributed by atoms with van der Waals surface area (Å²) in [7, 11) is 0. The zero-order valence-corrected chi connectivity index (χ0v) is 42.2. The van der Waals surface area contributed by atoms with Crippen molar-refractivity contribution in [1.82, 2.24) is 5.32 Å². The zero-order valence-electron chi connectivity index (χ0n) is 42.2. The van der Waals surface area contributed by atoms with E-state index in [2.05, 4.69) is 26.1 Å². The first-order valence-corrected chi connectivity index (χ1v) is 27.6. The van der Waals surface area contributed by atoms with E-state index < -0.39 is 43.2 Å². The van der Waals surface area contributed by atoms with Gasteiger partial charge in [0.1, 0.15) is 24.4 Å². The minimum atomic E-state index is -1.61. The normalized spacial score (nSPS) is 18.5. The lowest BCUT2D eigenvalue weighted by Gasteiger charge is -2.40. The van der Waals surface area contributed by atoms with Crippen LogP contribution in [-0.2, 0) is 4.74 Å². The highest BCUT2D eigenvalue weighted by molar-refractivity contribution is 5.95. The summed E-state index contributed by atoms with van der Waals surface area (Å²) in [5.74, 6) is 0.818. The summed E-state index contributed by atoms with van der Waals surface area (Å²) in [5.41, 5.74) is 0.231. The molecule has 10 nitrogen and oxygen atoms in total. The first-order valence-electron chi connectivity index (χ1n) is 27.6. The monoisotopic (exact) mass is 920 g/mol. The Morgan fingerprint density at radius 1 is 0.462 bits per heavy atom. The molecule has 0 saturated carbocycles. The molecule has 5 atom stereocenters. The third-order valence-corrected chi connectivity index (χ3v) is 13.2. The Labute approximate surface area is 398 Å². The van der Waals surface area contributed by atoms with Crippen LogP contribution in [0.5, 0.6) is 17.2 Å². The van der Waals surface area contributed by atoms with Crippen molar-refractivity contribution in [2.75, 3.05) is 26.4 Å². The van der Waals surface area contributed by atoms with E-state index in [1.54, 1.807) is 12.1 Å². The number of hydrogen-bond donors (Lipinski definition) is 5. The van der Waals surface area contributed by atoms with Crippen LogP contribution >= 0.6 is 0 Å². The second-order valence-electron chi connectivity index (χ2n) is 19.2. The Morgan fingerprint density at radius 3 is 1.09 bits per heavy atom. The van der Waals surface area contributed by atoms with Crippen molar-refractivity contribution < 1.29 is 44.2 Å². The van der Waals surface area contributed by atoms with Crippen molar-refractivity contribution in [1.29, 1.82) is 0 Å². The highest BCUT2D eigenvalue weighted by Crippen LogP contribution is 2.40. The van der Waals surface area contributed by atoms with Gasteiger partial charge in [0.15, 0.2) is 17.7 Å². The van der Waals surface area contributed by atoms with Crippen LogP contribution in [0.3, 0.4) is 0 Å². The van der Waals surface area contributed by atoms with Crippen LogP contribution in [0.1, 0.15) is 262 Å². The van der Waals surface area contributed by atoms with E-state index in [0.717, 1.165) is 51.4 Å². The predicted molar refractivity (Wildman–Crippen MR) is 267 cm³/mol. The van der Waals surface area contributed by atoms with Gasteiger partial charge in [-0.25, -0.2) is 0 Å². The zero-order chi connectivity index (χ0) is 47.0. The van der Waals surface area contributed by atoms with Gasteiger partial charge in [-0.1, -0.05) is 233 Å². The summed E-state index contributed by atoms with van der Waals surface area (Å²) in [6, 6.07) is 3.32. The fourth-order valence-electron chi connectivity index (χ4n) is 8.87. The molecule has 0 aromatic heterocycles. The van der Waals surface area contributed by atoms with Crippen LogP contribution in [0, 0.1) is 0 Å². The number of rotatable bonds is 45. The highest BCUT2D eigenvalue weighted by atomic mass is 16.6. The van der Waals surface area contributed by atoms with Crippen LogP contribution in [0.2, 0.25) is 0 Å². The average Bonchev–Trinajstić information content (AvgIpc) is 3.31. The molecule has 0 bridgehead atoms. The molecule has 0 radical (unpaired) electrons. The van der Waals surface area contributed by atoms with Crippen LogP contribution in [0.25, 0.3) is 0 Å². The molecule has 2 rings (SSSR count). The number of ether oxygens (including phenoxy) is 4. The molecule has 1 heterocycles. The summed E-state index contributed by atoms with van der Waals surface area (Å²) < 4.78 is 25.0. The number of carbonyl (C=O) groups excluding carboxylic acids is 1. The quantitative estimate of drug-likeness (QED) is 0.0403. The smallest absolute Gasteiger partial charge is 0.253 e. The van der Waals surface area contributed by atoms with Gasteiger partial charge in [0, 0.05) is 5.56 Å². The van der Waals surface area contributed by atoms with E-state index in [-0.39, 0.29) is 5.56 Å². The standard InChI is InChI=1S/C55H101NO9/c1-4-7-10-13-16-19-22-25-28-31-34-37-40-62-47-43-46(54(61)56-55-52(60)51(59)50(58)49(45-57)65-55)44-48(63-41-38-35-32-29-26-23-20-17-14-11-8-5-2)53(47)64-42-39-36-33-30-27-24-21-18-15-12-9-6-3/h43-44,49-52,55,57-60H,4-42,45H2,1-3H3,(H,56,61)/t49-,50+,51+,52+,55-/m1/s1. The van der Waals surface area contributed by atoms with Crippen LogP contribution in [0.4, 0.5) is 0 Å². The van der Waals surface area contributed by atoms with Crippen molar-refractivity contribution in [3.8, 4) is 17.2 Å². The van der Waals surface area contributed by atoms with Crippen molar-refractivity contribution in [2.24, 2.45) is 0 Å². The average molecular weight is 920 g/mol. The number of aliphatic hydroxyl groups excluding tert-OH is 4. The molecule has 5 N–H and O–H groups in total. The molecule has 1 aliphatic heterocycles. The molecule has 380 valence electrons. The maximum atomic E-state index is 13.9. The molecule has 0 aliphatic carbocycles. The van der Waals surface area contributed by atoms with Crippen molar-refractivity contribution in [3.05, 3.63) is 17.7 Å². The van der Waals surface area contributed by atoms with E-state index in [9.17, 15) is 25.2 Å². The third-order valence-electron chi connectivity index (χ3n) is 13.2. The first-order chi connectivity index (χ1) is 31.9. The van der Waals surface area contributed by atoms with E-state index in [1.807, 2.05) is 0 Å². The fourth-order valence-corrected chi connectivity index (χ4v) is 8.87. The van der Waals surface area contributed by atoms with Crippen molar-refractivity contribution in [2.45, 2.75) is 283 Å². The summed E-state index contributed by atoms with van der Waals surface area (Å²) in [4.78, 5) is 13.9. The van der Waals surface area contributed by atoms with Gasteiger partial charge in [-0.3, -0.25) is 4.79 Å². The maximum Gasteiger partial charge on any atom is 0.253 e. The molecule has 1 fully saturated rings.